The fourth-order valence-corrected chi connectivity index (χ4v) is 4.41. The first-order valence-electron chi connectivity index (χ1n) is 11.0. The molecular formula is C23H39N5. The van der Waals surface area contributed by atoms with Gasteiger partial charge in [-0.15, -0.1) is 0 Å². The molecule has 156 valence electrons. The molecule has 0 spiro atoms. The number of rotatable bonds is 10. The SMILES string of the molecule is C=CNC1=C(N(C)CCCC)N(CC2C=CC(C)=CN2C)C(CC2CCC2)N1. The monoisotopic (exact) mass is 385 g/mol. The maximum atomic E-state index is 3.91. The Morgan fingerprint density at radius 1 is 1.39 bits per heavy atom. The number of nitrogens with zero attached hydrogens (tertiary/aromatic N) is 3. The van der Waals surface area contributed by atoms with Gasteiger partial charge >= 0.3 is 0 Å². The van der Waals surface area contributed by atoms with Crippen LogP contribution in [0, 0.1) is 5.92 Å². The Morgan fingerprint density at radius 2 is 2.18 bits per heavy atom. The molecule has 1 saturated carbocycles. The van der Waals surface area contributed by atoms with Crippen LogP contribution in [0.25, 0.3) is 0 Å². The summed E-state index contributed by atoms with van der Waals surface area (Å²) in [5.41, 5.74) is 1.31. The minimum atomic E-state index is 0.348. The fraction of sp³-hybridized carbons (Fsp3) is 0.652. The molecule has 0 aromatic rings. The van der Waals surface area contributed by atoms with E-state index in [4.69, 9.17) is 0 Å². The molecule has 1 fully saturated rings. The van der Waals surface area contributed by atoms with E-state index in [0.29, 0.717) is 12.2 Å². The van der Waals surface area contributed by atoms with Crippen molar-refractivity contribution in [2.24, 2.45) is 5.92 Å². The van der Waals surface area contributed by atoms with Crippen LogP contribution >= 0.6 is 0 Å². The lowest BCUT2D eigenvalue weighted by Gasteiger charge is -2.40. The summed E-state index contributed by atoms with van der Waals surface area (Å²) in [6.07, 6.45) is 16.8. The summed E-state index contributed by atoms with van der Waals surface area (Å²) in [6, 6.07) is 0.382. The van der Waals surface area contributed by atoms with Crippen molar-refractivity contribution in [3.63, 3.8) is 0 Å². The number of nitrogens with one attached hydrogen (secondary N) is 2. The maximum Gasteiger partial charge on any atom is 0.147 e. The first kappa shape index (κ1) is 20.7. The number of hydrogen-bond acceptors (Lipinski definition) is 5. The minimum Gasteiger partial charge on any atom is -0.372 e. The van der Waals surface area contributed by atoms with Crippen molar-refractivity contribution in [1.29, 1.82) is 0 Å². The third-order valence-corrected chi connectivity index (χ3v) is 6.31. The molecule has 2 unspecified atom stereocenters. The van der Waals surface area contributed by atoms with Crippen LogP contribution in [0.4, 0.5) is 0 Å². The van der Waals surface area contributed by atoms with Gasteiger partial charge in [0.1, 0.15) is 17.8 Å². The Morgan fingerprint density at radius 3 is 2.79 bits per heavy atom. The van der Waals surface area contributed by atoms with E-state index in [1.807, 2.05) is 0 Å². The van der Waals surface area contributed by atoms with Crippen molar-refractivity contribution in [2.45, 2.75) is 64.6 Å². The predicted molar refractivity (Wildman–Crippen MR) is 118 cm³/mol. The second-order valence-corrected chi connectivity index (χ2v) is 8.63. The van der Waals surface area contributed by atoms with Gasteiger partial charge < -0.3 is 25.3 Å². The van der Waals surface area contributed by atoms with E-state index in [1.54, 1.807) is 6.20 Å². The van der Waals surface area contributed by atoms with Gasteiger partial charge in [-0.3, -0.25) is 0 Å². The second-order valence-electron chi connectivity index (χ2n) is 8.63. The molecule has 2 atom stereocenters. The first-order valence-corrected chi connectivity index (χ1v) is 11.0. The normalized spacial score (nSPS) is 24.8. The van der Waals surface area contributed by atoms with Crippen molar-refractivity contribution >= 4 is 0 Å². The zero-order valence-corrected chi connectivity index (χ0v) is 18.2. The first-order chi connectivity index (χ1) is 13.5. The molecule has 1 aliphatic carbocycles. The molecule has 5 nitrogen and oxygen atoms in total. The van der Waals surface area contributed by atoms with Crippen LogP contribution in [0.3, 0.4) is 0 Å². The van der Waals surface area contributed by atoms with Crippen molar-refractivity contribution in [1.82, 2.24) is 25.3 Å². The van der Waals surface area contributed by atoms with Gasteiger partial charge in [-0.05, 0) is 37.5 Å². The van der Waals surface area contributed by atoms with Gasteiger partial charge in [-0.2, -0.15) is 0 Å². The largest absolute Gasteiger partial charge is 0.372 e. The fourth-order valence-electron chi connectivity index (χ4n) is 4.41. The summed E-state index contributed by atoms with van der Waals surface area (Å²) < 4.78 is 0. The van der Waals surface area contributed by atoms with Crippen LogP contribution in [0.1, 0.15) is 52.4 Å². The summed E-state index contributed by atoms with van der Waals surface area (Å²) in [4.78, 5) is 7.36. The second kappa shape index (κ2) is 9.44. The smallest absolute Gasteiger partial charge is 0.147 e. The molecule has 2 N–H and O–H groups in total. The molecule has 0 amide bonds. The van der Waals surface area contributed by atoms with Gasteiger partial charge in [0.15, 0.2) is 0 Å². The lowest BCUT2D eigenvalue weighted by Crippen LogP contribution is -2.48. The van der Waals surface area contributed by atoms with Gasteiger partial charge in [0.05, 0.1) is 6.04 Å². The van der Waals surface area contributed by atoms with Gasteiger partial charge in [-0.1, -0.05) is 51.3 Å². The highest BCUT2D eigenvalue weighted by atomic mass is 15.5. The predicted octanol–water partition coefficient (Wildman–Crippen LogP) is 3.77. The third kappa shape index (κ3) is 4.68. The Kier molecular flexibility index (Phi) is 6.97. The van der Waals surface area contributed by atoms with E-state index in [0.717, 1.165) is 24.8 Å². The number of allylic oxidation sites excluding steroid dienone is 2. The Hall–Kier alpha value is -2.04. The Bertz CT molecular complexity index is 631. The molecule has 0 aromatic heterocycles. The standard InChI is InChI=1S/C23H39N5/c1-6-8-14-26(4)23-22(24-7-2)25-21(15-19-10-9-11-19)28(23)17-20-13-12-18(3)16-27(20)5/h7,12-13,16,19-21,24-25H,2,6,8-11,14-15,17H2,1,3-5H3. The van der Waals surface area contributed by atoms with Crippen molar-refractivity contribution in [3.8, 4) is 0 Å². The van der Waals surface area contributed by atoms with Crippen LogP contribution < -0.4 is 10.6 Å². The summed E-state index contributed by atoms with van der Waals surface area (Å²) in [5.74, 6) is 3.24. The summed E-state index contributed by atoms with van der Waals surface area (Å²) >= 11 is 0. The van der Waals surface area contributed by atoms with Gasteiger partial charge in [0.2, 0.25) is 0 Å². The average Bonchev–Trinajstić information content (AvgIpc) is 2.96. The third-order valence-electron chi connectivity index (χ3n) is 6.31. The quantitative estimate of drug-likeness (QED) is 0.598. The lowest BCUT2D eigenvalue weighted by molar-refractivity contribution is 0.129. The highest BCUT2D eigenvalue weighted by Crippen LogP contribution is 2.35. The zero-order valence-electron chi connectivity index (χ0n) is 18.2. The molecule has 0 bridgehead atoms. The van der Waals surface area contributed by atoms with Crippen molar-refractivity contribution in [2.75, 3.05) is 27.2 Å². The summed E-state index contributed by atoms with van der Waals surface area (Å²) in [5, 5.41) is 7.17. The molecule has 2 aliphatic heterocycles. The van der Waals surface area contributed by atoms with Crippen LogP contribution in [0.2, 0.25) is 0 Å². The van der Waals surface area contributed by atoms with E-state index in [1.165, 1.54) is 49.9 Å². The Balaban J connectivity index is 1.82. The summed E-state index contributed by atoms with van der Waals surface area (Å²) in [7, 11) is 4.41. The molecule has 5 heteroatoms. The zero-order chi connectivity index (χ0) is 20.1. The summed E-state index contributed by atoms with van der Waals surface area (Å²) in [6.45, 7) is 10.4. The molecule has 0 aromatic carbocycles. The van der Waals surface area contributed by atoms with Crippen molar-refractivity contribution < 1.29 is 0 Å². The van der Waals surface area contributed by atoms with Gasteiger partial charge in [-0.25, -0.2) is 0 Å². The van der Waals surface area contributed by atoms with E-state index >= 15 is 0 Å². The number of likely N-dealkylation sites (N-methyl/N-ethyl adjacent to an activating group) is 1. The van der Waals surface area contributed by atoms with Gasteiger partial charge in [0, 0.05) is 33.4 Å². The minimum absolute atomic E-state index is 0.348. The van der Waals surface area contributed by atoms with Crippen LogP contribution in [0.15, 0.2) is 48.3 Å². The van der Waals surface area contributed by atoms with E-state index in [2.05, 4.69) is 78.2 Å². The molecule has 0 saturated heterocycles. The van der Waals surface area contributed by atoms with Crippen LogP contribution in [-0.4, -0.2) is 54.1 Å². The molecule has 3 aliphatic rings. The average molecular weight is 386 g/mol. The Labute approximate surface area is 171 Å². The lowest BCUT2D eigenvalue weighted by atomic mass is 9.82. The van der Waals surface area contributed by atoms with Gasteiger partial charge in [0.25, 0.3) is 0 Å². The van der Waals surface area contributed by atoms with Crippen LogP contribution in [0.5, 0.6) is 0 Å². The van der Waals surface area contributed by atoms with E-state index in [9.17, 15) is 0 Å². The topological polar surface area (TPSA) is 33.8 Å². The highest BCUT2D eigenvalue weighted by Gasteiger charge is 2.37. The maximum absolute atomic E-state index is 3.91. The number of hydrogen-bond donors (Lipinski definition) is 2. The number of unbranched alkanes of at least 4 members (excludes halogenated alkanes) is 1. The van der Waals surface area contributed by atoms with E-state index in [-0.39, 0.29) is 0 Å². The van der Waals surface area contributed by atoms with Crippen LogP contribution in [-0.2, 0) is 0 Å². The van der Waals surface area contributed by atoms with E-state index < -0.39 is 0 Å². The highest BCUT2D eigenvalue weighted by molar-refractivity contribution is 5.24. The van der Waals surface area contributed by atoms with Crippen molar-refractivity contribution in [3.05, 3.63) is 48.3 Å². The molecule has 2 heterocycles. The molecule has 0 radical (unpaired) electrons. The molecule has 28 heavy (non-hydrogen) atoms. The molecular weight excluding hydrogens is 346 g/mol. The molecule has 3 rings (SSSR count).